The number of aliphatic carboxylic acids is 1. The number of ether oxygens (including phenoxy) is 3. The van der Waals surface area contributed by atoms with Crippen LogP contribution in [0.15, 0.2) is 18.2 Å². The highest BCUT2D eigenvalue weighted by Crippen LogP contribution is 2.50. The van der Waals surface area contributed by atoms with Crippen molar-refractivity contribution in [3.63, 3.8) is 0 Å². The second-order valence-electron chi connectivity index (χ2n) is 7.38. The number of hydrogen-bond donors (Lipinski definition) is 2. The zero-order valence-corrected chi connectivity index (χ0v) is 18.1. The van der Waals surface area contributed by atoms with E-state index in [9.17, 15) is 19.5 Å². The van der Waals surface area contributed by atoms with Crippen LogP contribution in [0.25, 0.3) is 6.08 Å². The van der Waals surface area contributed by atoms with E-state index in [4.69, 9.17) is 14.2 Å². The predicted molar refractivity (Wildman–Crippen MR) is 111 cm³/mol. The Morgan fingerprint density at radius 2 is 1.77 bits per heavy atom. The van der Waals surface area contributed by atoms with Gasteiger partial charge in [-0.3, -0.25) is 9.59 Å². The molecule has 1 aromatic carbocycles. The Kier molecular flexibility index (Phi) is 5.89. The third-order valence-corrected chi connectivity index (χ3v) is 6.66. The lowest BCUT2D eigenvalue weighted by molar-refractivity contribution is -0.160. The average Bonchev–Trinajstić information content (AvgIpc) is 2.97. The SMILES string of the molecule is COc1cc(/C=C/C(=O)N[C@@H]2C(=O)N3[C@H]2SC(C)(C)[C@H]3C(=O)O)cc(OC)c1OC. The van der Waals surface area contributed by atoms with Crippen LogP contribution in [0.2, 0.25) is 0 Å². The highest BCUT2D eigenvalue weighted by molar-refractivity contribution is 8.01. The molecule has 2 saturated heterocycles. The number of methoxy groups -OCH3 is 3. The first-order chi connectivity index (χ1) is 14.1. The fourth-order valence-electron chi connectivity index (χ4n) is 3.72. The Morgan fingerprint density at radius 1 is 1.17 bits per heavy atom. The van der Waals surface area contributed by atoms with E-state index in [1.165, 1.54) is 44.1 Å². The van der Waals surface area contributed by atoms with E-state index < -0.39 is 34.1 Å². The topological polar surface area (TPSA) is 114 Å². The van der Waals surface area contributed by atoms with E-state index in [1.54, 1.807) is 32.1 Å². The molecule has 0 radical (unpaired) electrons. The lowest BCUT2D eigenvalue weighted by Gasteiger charge is -2.43. The summed E-state index contributed by atoms with van der Waals surface area (Å²) in [4.78, 5) is 37.7. The van der Waals surface area contributed by atoms with Crippen LogP contribution in [0, 0.1) is 0 Å². The fourth-order valence-corrected chi connectivity index (χ4v) is 5.34. The first-order valence-corrected chi connectivity index (χ1v) is 10.0. The van der Waals surface area contributed by atoms with Crippen molar-refractivity contribution in [2.75, 3.05) is 21.3 Å². The lowest BCUT2D eigenvalue weighted by Crippen LogP contribution is -2.70. The predicted octanol–water partition coefficient (Wildman–Crippen LogP) is 1.36. The van der Waals surface area contributed by atoms with Gasteiger partial charge in [0.2, 0.25) is 17.6 Å². The first-order valence-electron chi connectivity index (χ1n) is 9.16. The van der Waals surface area contributed by atoms with E-state index in [-0.39, 0.29) is 5.91 Å². The van der Waals surface area contributed by atoms with Crippen LogP contribution >= 0.6 is 11.8 Å². The van der Waals surface area contributed by atoms with Gasteiger partial charge >= 0.3 is 5.97 Å². The van der Waals surface area contributed by atoms with Crippen LogP contribution in [-0.2, 0) is 14.4 Å². The van der Waals surface area contributed by atoms with E-state index in [2.05, 4.69) is 5.32 Å². The number of thioether (sulfide) groups is 1. The van der Waals surface area contributed by atoms with Crippen LogP contribution in [0.5, 0.6) is 17.2 Å². The molecule has 2 N–H and O–H groups in total. The lowest BCUT2D eigenvalue weighted by atomic mass is 9.96. The molecule has 0 aromatic heterocycles. The molecule has 3 atom stereocenters. The van der Waals surface area contributed by atoms with Crippen LogP contribution in [0.3, 0.4) is 0 Å². The van der Waals surface area contributed by atoms with Crippen LogP contribution in [-0.4, -0.2) is 71.3 Å². The molecule has 30 heavy (non-hydrogen) atoms. The van der Waals surface area contributed by atoms with Crippen molar-refractivity contribution in [2.24, 2.45) is 0 Å². The Morgan fingerprint density at radius 3 is 2.27 bits per heavy atom. The summed E-state index contributed by atoms with van der Waals surface area (Å²) < 4.78 is 15.2. The molecule has 2 aliphatic heterocycles. The molecule has 0 saturated carbocycles. The number of hydrogen-bond acceptors (Lipinski definition) is 7. The van der Waals surface area contributed by atoms with Crippen molar-refractivity contribution in [3.8, 4) is 17.2 Å². The minimum atomic E-state index is -1.05. The Balaban J connectivity index is 1.71. The molecular formula is C20H24N2O7S. The largest absolute Gasteiger partial charge is 0.493 e. The number of carbonyl (C=O) groups is 3. The molecule has 10 heteroatoms. The monoisotopic (exact) mass is 436 g/mol. The molecular weight excluding hydrogens is 412 g/mol. The van der Waals surface area contributed by atoms with Crippen molar-refractivity contribution in [3.05, 3.63) is 23.8 Å². The van der Waals surface area contributed by atoms with E-state index >= 15 is 0 Å². The van der Waals surface area contributed by atoms with Crippen molar-refractivity contribution in [2.45, 2.75) is 36.1 Å². The molecule has 0 bridgehead atoms. The molecule has 2 amide bonds. The number of nitrogens with one attached hydrogen (secondary N) is 1. The van der Waals surface area contributed by atoms with Crippen molar-refractivity contribution in [1.82, 2.24) is 10.2 Å². The molecule has 0 unspecified atom stereocenters. The van der Waals surface area contributed by atoms with Gasteiger partial charge in [0.05, 0.1) is 21.3 Å². The standard InChI is InChI=1S/C20H24N2O7S/c1-20(2)16(19(25)26)22-17(24)14(18(22)30-20)21-13(23)7-6-10-8-11(27-3)15(29-5)12(9-10)28-4/h6-9,14,16,18H,1-5H3,(H,21,23)(H,25,26)/b7-6+/t14-,16-,18+/m1/s1. The number of carboxylic acid groups (broad SMARTS) is 1. The van der Waals surface area contributed by atoms with Gasteiger partial charge in [-0.25, -0.2) is 4.79 Å². The molecule has 2 fully saturated rings. The zero-order valence-electron chi connectivity index (χ0n) is 17.3. The molecule has 3 rings (SSSR count). The van der Waals surface area contributed by atoms with Gasteiger partial charge in [0, 0.05) is 10.8 Å². The maximum atomic E-state index is 12.5. The van der Waals surface area contributed by atoms with Gasteiger partial charge in [-0.05, 0) is 37.6 Å². The summed E-state index contributed by atoms with van der Waals surface area (Å²) in [6.45, 7) is 3.57. The van der Waals surface area contributed by atoms with Gasteiger partial charge in [-0.15, -0.1) is 11.8 Å². The number of carboxylic acids is 1. The summed E-state index contributed by atoms with van der Waals surface area (Å²) in [5.41, 5.74) is 0.642. The smallest absolute Gasteiger partial charge is 0.327 e. The first kappa shape index (κ1) is 21.8. The quantitative estimate of drug-likeness (QED) is 0.486. The van der Waals surface area contributed by atoms with Gasteiger partial charge in [0.25, 0.3) is 0 Å². The normalized spacial score (nSPS) is 24.2. The minimum Gasteiger partial charge on any atom is -0.493 e. The molecule has 2 heterocycles. The second-order valence-corrected chi connectivity index (χ2v) is 9.15. The van der Waals surface area contributed by atoms with Crippen LogP contribution < -0.4 is 19.5 Å². The number of nitrogens with zero attached hydrogens (tertiary/aromatic N) is 1. The van der Waals surface area contributed by atoms with Gasteiger partial charge in [0.1, 0.15) is 17.5 Å². The van der Waals surface area contributed by atoms with Crippen molar-refractivity contribution >= 4 is 35.6 Å². The van der Waals surface area contributed by atoms with Crippen molar-refractivity contribution in [1.29, 1.82) is 0 Å². The molecule has 162 valence electrons. The van der Waals surface area contributed by atoms with E-state index in [0.29, 0.717) is 22.8 Å². The molecule has 2 aliphatic rings. The summed E-state index contributed by atoms with van der Waals surface area (Å²) in [6, 6.07) is 1.71. The number of amides is 2. The molecule has 0 aliphatic carbocycles. The number of carbonyl (C=O) groups excluding carboxylic acids is 2. The summed E-state index contributed by atoms with van der Waals surface area (Å²) >= 11 is 1.37. The summed E-state index contributed by atoms with van der Waals surface area (Å²) in [6.07, 6.45) is 2.86. The Bertz CT molecular complexity index is 889. The van der Waals surface area contributed by atoms with Gasteiger partial charge in [-0.1, -0.05) is 0 Å². The Hall–Kier alpha value is -2.88. The molecule has 1 aromatic rings. The maximum absolute atomic E-state index is 12.5. The summed E-state index contributed by atoms with van der Waals surface area (Å²) in [5.74, 6) is -0.554. The van der Waals surface area contributed by atoms with Gasteiger partial charge in [0.15, 0.2) is 11.5 Å². The maximum Gasteiger partial charge on any atom is 0.327 e. The minimum absolute atomic E-state index is 0.389. The second kappa shape index (κ2) is 8.10. The molecule has 0 spiro atoms. The number of β-lactam (4-membered cyclic amide) rings is 1. The average molecular weight is 436 g/mol. The van der Waals surface area contributed by atoms with E-state index in [0.717, 1.165) is 0 Å². The summed E-state index contributed by atoms with van der Waals surface area (Å²) in [7, 11) is 4.49. The van der Waals surface area contributed by atoms with Crippen LogP contribution in [0.1, 0.15) is 19.4 Å². The zero-order chi connectivity index (χ0) is 22.2. The highest BCUT2D eigenvalue weighted by atomic mass is 32.2. The number of fused-ring (bicyclic) bond motifs is 1. The summed E-state index contributed by atoms with van der Waals surface area (Å²) in [5, 5.41) is 11.7. The molecule has 9 nitrogen and oxygen atoms in total. The van der Waals surface area contributed by atoms with Crippen molar-refractivity contribution < 1.29 is 33.7 Å². The third-order valence-electron chi connectivity index (χ3n) is 5.09. The fraction of sp³-hybridized carbons (Fsp3) is 0.450. The number of benzene rings is 1. The van der Waals surface area contributed by atoms with Crippen LogP contribution in [0.4, 0.5) is 0 Å². The highest BCUT2D eigenvalue weighted by Gasteiger charge is 2.64. The number of rotatable bonds is 7. The van der Waals surface area contributed by atoms with Gasteiger partial charge in [-0.2, -0.15) is 0 Å². The third kappa shape index (κ3) is 3.67. The Labute approximate surface area is 178 Å². The van der Waals surface area contributed by atoms with E-state index in [1.807, 2.05) is 0 Å². The van der Waals surface area contributed by atoms with Gasteiger partial charge < -0.3 is 29.5 Å².